The quantitative estimate of drug-likeness (QED) is 0.569. The van der Waals surface area contributed by atoms with Gasteiger partial charge < -0.3 is 5.32 Å². The first-order valence-corrected chi connectivity index (χ1v) is 7.48. The SMILES string of the molecule is CCCCCCC(C)NC(C)CC1CCC1. The monoisotopic (exact) mass is 225 g/mol. The van der Waals surface area contributed by atoms with Crippen molar-refractivity contribution in [1.29, 1.82) is 0 Å². The van der Waals surface area contributed by atoms with Crippen LogP contribution in [0.5, 0.6) is 0 Å². The van der Waals surface area contributed by atoms with Gasteiger partial charge in [0.15, 0.2) is 0 Å². The summed E-state index contributed by atoms with van der Waals surface area (Å²) < 4.78 is 0. The summed E-state index contributed by atoms with van der Waals surface area (Å²) in [5.41, 5.74) is 0. The predicted octanol–water partition coefficient (Wildman–Crippen LogP) is 4.51. The van der Waals surface area contributed by atoms with Crippen LogP contribution < -0.4 is 5.32 Å². The first-order chi connectivity index (χ1) is 7.72. The van der Waals surface area contributed by atoms with E-state index in [-0.39, 0.29) is 0 Å². The van der Waals surface area contributed by atoms with Crippen molar-refractivity contribution in [2.45, 2.75) is 90.6 Å². The fourth-order valence-corrected chi connectivity index (χ4v) is 2.74. The lowest BCUT2D eigenvalue weighted by atomic mass is 9.81. The summed E-state index contributed by atoms with van der Waals surface area (Å²) in [6, 6.07) is 1.44. The van der Waals surface area contributed by atoms with E-state index in [0.29, 0.717) is 6.04 Å². The molecule has 96 valence electrons. The highest BCUT2D eigenvalue weighted by Crippen LogP contribution is 2.30. The van der Waals surface area contributed by atoms with E-state index in [0.717, 1.165) is 12.0 Å². The van der Waals surface area contributed by atoms with Crippen molar-refractivity contribution in [1.82, 2.24) is 5.32 Å². The van der Waals surface area contributed by atoms with Gasteiger partial charge in [0.05, 0.1) is 0 Å². The van der Waals surface area contributed by atoms with Crippen molar-refractivity contribution >= 4 is 0 Å². The summed E-state index contributed by atoms with van der Waals surface area (Å²) in [5.74, 6) is 1.04. The Balaban J connectivity index is 1.96. The Bertz CT molecular complexity index is 163. The van der Waals surface area contributed by atoms with Gasteiger partial charge in [-0.25, -0.2) is 0 Å². The van der Waals surface area contributed by atoms with Crippen molar-refractivity contribution in [2.24, 2.45) is 5.92 Å². The molecule has 0 aromatic rings. The summed E-state index contributed by atoms with van der Waals surface area (Å²) in [6.45, 7) is 6.99. The van der Waals surface area contributed by atoms with Gasteiger partial charge in [-0.15, -0.1) is 0 Å². The zero-order valence-electron chi connectivity index (χ0n) is 11.6. The maximum absolute atomic E-state index is 3.76. The van der Waals surface area contributed by atoms with Crippen molar-refractivity contribution in [3.63, 3.8) is 0 Å². The highest BCUT2D eigenvalue weighted by atomic mass is 14.9. The zero-order valence-corrected chi connectivity index (χ0v) is 11.6. The first kappa shape index (κ1) is 14.0. The fraction of sp³-hybridized carbons (Fsp3) is 1.00. The van der Waals surface area contributed by atoms with Crippen LogP contribution in [0.3, 0.4) is 0 Å². The van der Waals surface area contributed by atoms with Crippen LogP contribution in [0.15, 0.2) is 0 Å². The molecule has 2 atom stereocenters. The number of hydrogen-bond acceptors (Lipinski definition) is 1. The summed E-state index contributed by atoms with van der Waals surface area (Å²) >= 11 is 0. The second kappa shape index (κ2) is 8.11. The average molecular weight is 225 g/mol. The minimum absolute atomic E-state index is 0.715. The Morgan fingerprint density at radius 3 is 2.38 bits per heavy atom. The predicted molar refractivity (Wildman–Crippen MR) is 72.8 cm³/mol. The van der Waals surface area contributed by atoms with Gasteiger partial charge in [0.2, 0.25) is 0 Å². The molecule has 0 bridgehead atoms. The summed E-state index contributed by atoms with van der Waals surface area (Å²) in [7, 11) is 0. The van der Waals surface area contributed by atoms with Gasteiger partial charge in [-0.05, 0) is 32.6 Å². The Morgan fingerprint density at radius 2 is 1.81 bits per heavy atom. The number of hydrogen-bond donors (Lipinski definition) is 1. The highest BCUT2D eigenvalue weighted by Gasteiger charge is 2.20. The lowest BCUT2D eigenvalue weighted by Gasteiger charge is -2.30. The molecule has 1 aliphatic carbocycles. The van der Waals surface area contributed by atoms with Gasteiger partial charge >= 0.3 is 0 Å². The van der Waals surface area contributed by atoms with E-state index >= 15 is 0 Å². The third-order valence-corrected chi connectivity index (χ3v) is 3.97. The van der Waals surface area contributed by atoms with Crippen LogP contribution in [-0.2, 0) is 0 Å². The fourth-order valence-electron chi connectivity index (χ4n) is 2.74. The Morgan fingerprint density at radius 1 is 1.06 bits per heavy atom. The van der Waals surface area contributed by atoms with E-state index in [1.165, 1.54) is 57.8 Å². The molecule has 1 fully saturated rings. The molecule has 1 heteroatoms. The molecule has 2 unspecified atom stereocenters. The van der Waals surface area contributed by atoms with Gasteiger partial charge in [-0.2, -0.15) is 0 Å². The van der Waals surface area contributed by atoms with Gasteiger partial charge in [0.25, 0.3) is 0 Å². The molecule has 1 N–H and O–H groups in total. The standard InChI is InChI=1S/C15H31N/c1-4-5-6-7-9-13(2)16-14(3)12-15-10-8-11-15/h13-16H,4-12H2,1-3H3. The van der Waals surface area contributed by atoms with E-state index in [4.69, 9.17) is 0 Å². The summed E-state index contributed by atoms with van der Waals surface area (Å²) in [6.07, 6.45) is 12.8. The van der Waals surface area contributed by atoms with Crippen molar-refractivity contribution in [3.05, 3.63) is 0 Å². The molecule has 1 saturated carbocycles. The average Bonchev–Trinajstić information content (AvgIpc) is 2.18. The van der Waals surface area contributed by atoms with Gasteiger partial charge in [-0.1, -0.05) is 51.9 Å². The molecular formula is C15H31N. The minimum atomic E-state index is 0.715. The molecule has 0 aromatic carbocycles. The second-order valence-corrected chi connectivity index (χ2v) is 5.85. The molecule has 16 heavy (non-hydrogen) atoms. The Hall–Kier alpha value is -0.0400. The second-order valence-electron chi connectivity index (χ2n) is 5.85. The summed E-state index contributed by atoms with van der Waals surface area (Å²) in [4.78, 5) is 0. The van der Waals surface area contributed by atoms with Gasteiger partial charge in [0, 0.05) is 12.1 Å². The maximum Gasteiger partial charge on any atom is 0.00438 e. The van der Waals surface area contributed by atoms with Crippen molar-refractivity contribution < 1.29 is 0 Å². The molecular weight excluding hydrogens is 194 g/mol. The van der Waals surface area contributed by atoms with Crippen molar-refractivity contribution in [3.8, 4) is 0 Å². The number of nitrogens with one attached hydrogen (secondary N) is 1. The number of rotatable bonds is 9. The van der Waals surface area contributed by atoms with E-state index in [9.17, 15) is 0 Å². The van der Waals surface area contributed by atoms with Crippen LogP contribution in [-0.4, -0.2) is 12.1 Å². The molecule has 1 nitrogen and oxygen atoms in total. The molecule has 0 spiro atoms. The van der Waals surface area contributed by atoms with Gasteiger partial charge in [-0.3, -0.25) is 0 Å². The lowest BCUT2D eigenvalue weighted by Crippen LogP contribution is -2.36. The topological polar surface area (TPSA) is 12.0 Å². The summed E-state index contributed by atoms with van der Waals surface area (Å²) in [5, 5.41) is 3.76. The molecule has 0 aromatic heterocycles. The Labute approximate surface area is 102 Å². The van der Waals surface area contributed by atoms with Crippen LogP contribution >= 0.6 is 0 Å². The highest BCUT2D eigenvalue weighted by molar-refractivity contribution is 4.76. The Kier molecular flexibility index (Phi) is 7.11. The molecule has 0 saturated heterocycles. The van der Waals surface area contributed by atoms with E-state index in [2.05, 4.69) is 26.1 Å². The van der Waals surface area contributed by atoms with Crippen LogP contribution in [0.4, 0.5) is 0 Å². The number of unbranched alkanes of at least 4 members (excludes halogenated alkanes) is 3. The van der Waals surface area contributed by atoms with E-state index < -0.39 is 0 Å². The van der Waals surface area contributed by atoms with Crippen LogP contribution in [0.2, 0.25) is 0 Å². The van der Waals surface area contributed by atoms with Crippen LogP contribution in [0.1, 0.15) is 78.6 Å². The minimum Gasteiger partial charge on any atom is -0.312 e. The van der Waals surface area contributed by atoms with E-state index in [1.54, 1.807) is 0 Å². The molecule has 1 aliphatic rings. The molecule has 0 aliphatic heterocycles. The lowest BCUT2D eigenvalue weighted by molar-refractivity contribution is 0.257. The third kappa shape index (κ3) is 5.89. The molecule has 0 heterocycles. The van der Waals surface area contributed by atoms with Crippen LogP contribution in [0.25, 0.3) is 0 Å². The van der Waals surface area contributed by atoms with Crippen molar-refractivity contribution in [2.75, 3.05) is 0 Å². The third-order valence-electron chi connectivity index (χ3n) is 3.97. The van der Waals surface area contributed by atoms with Gasteiger partial charge in [0.1, 0.15) is 0 Å². The maximum atomic E-state index is 3.76. The molecule has 1 rings (SSSR count). The van der Waals surface area contributed by atoms with E-state index in [1.807, 2.05) is 0 Å². The molecule has 0 amide bonds. The largest absolute Gasteiger partial charge is 0.312 e. The first-order valence-electron chi connectivity index (χ1n) is 7.48. The zero-order chi connectivity index (χ0) is 11.8. The smallest absolute Gasteiger partial charge is 0.00438 e. The molecule has 0 radical (unpaired) electrons. The van der Waals surface area contributed by atoms with Crippen LogP contribution in [0, 0.1) is 5.92 Å². The normalized spacial score (nSPS) is 20.4.